The molecule has 3 heteroatoms. The molecule has 4 heterocycles. The predicted octanol–water partition coefficient (Wildman–Crippen LogP) is 8.37. The average molecular weight is 593 g/mol. The molecular formula is C42H49BN2. The van der Waals surface area contributed by atoms with Gasteiger partial charge in [0.25, 0.3) is 6.71 Å². The van der Waals surface area contributed by atoms with Crippen LogP contribution >= 0.6 is 0 Å². The highest BCUT2D eigenvalue weighted by molar-refractivity contribution is 7.00. The molecule has 0 bridgehead atoms. The van der Waals surface area contributed by atoms with Crippen LogP contribution < -0.4 is 26.2 Å². The van der Waals surface area contributed by atoms with Crippen LogP contribution in [0.4, 0.5) is 22.7 Å². The molecule has 0 spiro atoms. The predicted molar refractivity (Wildman–Crippen MR) is 189 cm³/mol. The van der Waals surface area contributed by atoms with E-state index in [0.717, 1.165) is 23.7 Å². The molecule has 230 valence electrons. The Morgan fingerprint density at radius 2 is 1.00 bits per heavy atom. The smallest absolute Gasteiger partial charge is 0.252 e. The van der Waals surface area contributed by atoms with Crippen LogP contribution in [0.3, 0.4) is 0 Å². The summed E-state index contributed by atoms with van der Waals surface area (Å²) in [6.07, 6.45) is 16.8. The molecule has 8 atom stereocenters. The number of hydrogen-bond acceptors (Lipinski definition) is 2. The Kier molecular flexibility index (Phi) is 4.83. The number of benzene rings is 3. The van der Waals surface area contributed by atoms with Crippen LogP contribution in [0.25, 0.3) is 0 Å². The molecule has 4 fully saturated rings. The zero-order chi connectivity index (χ0) is 30.1. The Morgan fingerprint density at radius 3 is 1.49 bits per heavy atom. The second kappa shape index (κ2) is 8.24. The van der Waals surface area contributed by atoms with Crippen LogP contribution in [-0.4, -0.2) is 17.8 Å². The van der Waals surface area contributed by atoms with Gasteiger partial charge in [0.2, 0.25) is 0 Å². The van der Waals surface area contributed by atoms with Crippen molar-refractivity contribution in [1.82, 2.24) is 0 Å². The Balaban J connectivity index is 1.20. The van der Waals surface area contributed by atoms with Gasteiger partial charge in [0.05, 0.1) is 11.1 Å². The summed E-state index contributed by atoms with van der Waals surface area (Å²) in [5.74, 6) is 3.36. The SMILES string of the molecule is CC12c3cccc4c3N(c3cccc5c3B4c3cccc4c3N5C3(C)CCC5CCCCC5C43C)C1(C)CCC1CCCCC12. The summed E-state index contributed by atoms with van der Waals surface area (Å²) in [6, 6.07) is 22.6. The molecule has 45 heavy (non-hydrogen) atoms. The second-order valence-corrected chi connectivity index (χ2v) is 17.6. The Bertz CT molecular complexity index is 1690. The summed E-state index contributed by atoms with van der Waals surface area (Å²) in [6.45, 7) is 11.1. The topological polar surface area (TPSA) is 6.48 Å². The average Bonchev–Trinajstić information content (AvgIpc) is 3.42. The van der Waals surface area contributed by atoms with E-state index in [1.807, 2.05) is 0 Å². The van der Waals surface area contributed by atoms with E-state index in [1.54, 1.807) is 38.9 Å². The normalized spacial score (nSPS) is 40.9. The lowest BCUT2D eigenvalue weighted by atomic mass is 9.33. The van der Waals surface area contributed by atoms with E-state index >= 15 is 0 Å². The zero-order valence-corrected chi connectivity index (χ0v) is 28.0. The van der Waals surface area contributed by atoms with Crippen molar-refractivity contribution in [3.05, 3.63) is 65.7 Å². The van der Waals surface area contributed by atoms with E-state index in [0.29, 0.717) is 6.71 Å². The van der Waals surface area contributed by atoms with Crippen molar-refractivity contribution in [2.75, 3.05) is 9.80 Å². The molecule has 4 saturated carbocycles. The van der Waals surface area contributed by atoms with Crippen LogP contribution in [0.15, 0.2) is 54.6 Å². The van der Waals surface area contributed by atoms with Gasteiger partial charge in [-0.1, -0.05) is 94.8 Å². The molecule has 11 rings (SSSR count). The minimum atomic E-state index is 0.107. The fourth-order valence-electron chi connectivity index (χ4n) is 14.4. The van der Waals surface area contributed by atoms with Crippen molar-refractivity contribution >= 4 is 45.9 Å². The largest absolute Gasteiger partial charge is 0.335 e. The number of hydrogen-bond donors (Lipinski definition) is 0. The first-order valence-corrected chi connectivity index (χ1v) is 18.8. The van der Waals surface area contributed by atoms with Gasteiger partial charge in [0, 0.05) is 33.6 Å². The van der Waals surface area contributed by atoms with Crippen LogP contribution in [0.2, 0.25) is 0 Å². The first-order chi connectivity index (χ1) is 21.8. The van der Waals surface area contributed by atoms with Crippen molar-refractivity contribution in [3.63, 3.8) is 0 Å². The highest BCUT2D eigenvalue weighted by Gasteiger charge is 2.68. The summed E-state index contributed by atoms with van der Waals surface area (Å²) in [7, 11) is 0. The lowest BCUT2D eigenvalue weighted by Gasteiger charge is -2.60. The van der Waals surface area contributed by atoms with E-state index in [9.17, 15) is 0 Å². The summed E-state index contributed by atoms with van der Waals surface area (Å²) >= 11 is 0. The maximum absolute atomic E-state index is 2.95. The number of fused-ring (bicyclic) bond motifs is 14. The third kappa shape index (κ3) is 2.65. The molecule has 0 saturated heterocycles. The highest BCUT2D eigenvalue weighted by Crippen LogP contribution is 2.69. The van der Waals surface area contributed by atoms with Crippen molar-refractivity contribution < 1.29 is 0 Å². The van der Waals surface area contributed by atoms with Gasteiger partial charge >= 0.3 is 0 Å². The molecule has 0 amide bonds. The van der Waals surface area contributed by atoms with Crippen molar-refractivity contribution in [2.24, 2.45) is 23.7 Å². The van der Waals surface area contributed by atoms with E-state index < -0.39 is 0 Å². The van der Waals surface area contributed by atoms with Crippen molar-refractivity contribution in [3.8, 4) is 0 Å². The fourth-order valence-corrected chi connectivity index (χ4v) is 14.4. The summed E-state index contributed by atoms with van der Waals surface area (Å²) in [5, 5.41) is 0. The highest BCUT2D eigenvalue weighted by atomic mass is 15.3. The third-order valence-corrected chi connectivity index (χ3v) is 16.7. The monoisotopic (exact) mass is 592 g/mol. The number of rotatable bonds is 0. The van der Waals surface area contributed by atoms with Crippen LogP contribution in [-0.2, 0) is 10.8 Å². The molecule has 3 aromatic carbocycles. The first kappa shape index (κ1) is 26.4. The van der Waals surface area contributed by atoms with Gasteiger partial charge in [-0.3, -0.25) is 0 Å². The maximum atomic E-state index is 2.95. The summed E-state index contributed by atoms with van der Waals surface area (Å²) < 4.78 is 0. The van der Waals surface area contributed by atoms with E-state index in [-0.39, 0.29) is 21.9 Å². The minimum Gasteiger partial charge on any atom is -0.335 e. The zero-order valence-electron chi connectivity index (χ0n) is 28.0. The van der Waals surface area contributed by atoms with Crippen molar-refractivity contribution in [1.29, 1.82) is 0 Å². The standard InChI is InChI=1S/C42H49BN2/c1-39-24-22-26-12-5-7-14-28(26)41(39,3)30-16-9-18-32-37(30)44(39)34-20-11-21-35-36(34)43(32)33-19-10-17-31-38(33)45(35)40(2)25-23-27-13-6-8-15-29(27)42(31,40)4/h9-11,16-21,26-29H,5-8,12-15,22-25H2,1-4H3. The van der Waals surface area contributed by atoms with E-state index in [4.69, 9.17) is 0 Å². The van der Waals surface area contributed by atoms with Gasteiger partial charge in [0.1, 0.15) is 0 Å². The first-order valence-electron chi connectivity index (χ1n) is 18.8. The lowest BCUT2D eigenvalue weighted by Crippen LogP contribution is -2.68. The molecule has 3 aromatic rings. The Labute approximate surface area is 271 Å². The quantitative estimate of drug-likeness (QED) is 0.242. The molecule has 4 aliphatic heterocycles. The van der Waals surface area contributed by atoms with E-state index in [1.165, 1.54) is 88.4 Å². The van der Waals surface area contributed by atoms with Gasteiger partial charge in [0.15, 0.2) is 0 Å². The lowest BCUT2D eigenvalue weighted by molar-refractivity contribution is 0.0318. The molecule has 0 radical (unpaired) electrons. The minimum absolute atomic E-state index is 0.107. The molecule has 8 unspecified atom stereocenters. The fraction of sp³-hybridized carbons (Fsp3) is 0.571. The molecule has 4 aliphatic carbocycles. The number of nitrogens with zero attached hydrogens (tertiary/aromatic N) is 2. The Hall–Kier alpha value is -2.68. The van der Waals surface area contributed by atoms with Crippen molar-refractivity contribution in [2.45, 2.75) is 127 Å². The van der Waals surface area contributed by atoms with Crippen LogP contribution in [0.1, 0.15) is 116 Å². The summed E-state index contributed by atoms with van der Waals surface area (Å²) in [5.41, 5.74) is 14.9. The van der Waals surface area contributed by atoms with Gasteiger partial charge in [-0.2, -0.15) is 0 Å². The number of para-hydroxylation sites is 2. The van der Waals surface area contributed by atoms with Gasteiger partial charge < -0.3 is 9.80 Å². The second-order valence-electron chi connectivity index (χ2n) is 17.6. The number of anilines is 4. The Morgan fingerprint density at radius 1 is 0.556 bits per heavy atom. The summed E-state index contributed by atoms with van der Waals surface area (Å²) in [4.78, 5) is 5.89. The van der Waals surface area contributed by atoms with Crippen LogP contribution in [0, 0.1) is 23.7 Å². The maximum Gasteiger partial charge on any atom is 0.252 e. The molecule has 2 nitrogen and oxygen atoms in total. The molecule has 0 aromatic heterocycles. The molecule has 8 aliphatic rings. The molecule has 0 N–H and O–H groups in total. The van der Waals surface area contributed by atoms with Gasteiger partial charge in [-0.05, 0) is 116 Å². The van der Waals surface area contributed by atoms with Gasteiger partial charge in [-0.15, -0.1) is 0 Å². The van der Waals surface area contributed by atoms with Crippen LogP contribution in [0.5, 0.6) is 0 Å². The molecular weight excluding hydrogens is 543 g/mol. The third-order valence-electron chi connectivity index (χ3n) is 16.7. The van der Waals surface area contributed by atoms with Gasteiger partial charge in [-0.25, -0.2) is 0 Å². The van der Waals surface area contributed by atoms with E-state index in [2.05, 4.69) is 92.1 Å².